The Labute approximate surface area is 278 Å². The number of hydrogen-bond acceptors (Lipinski definition) is 5. The van der Waals surface area contributed by atoms with E-state index in [2.05, 4.69) is 11.1 Å². The molecule has 0 bridgehead atoms. The van der Waals surface area contributed by atoms with Gasteiger partial charge in [-0.05, 0) is 72.4 Å². The molecule has 4 rings (SSSR count). The molecule has 1 aromatic heterocycles. The monoisotopic (exact) mass is 633 g/mol. The van der Waals surface area contributed by atoms with Crippen molar-refractivity contribution in [3.63, 3.8) is 0 Å². The fraction of sp³-hybridized carbons (Fsp3) is 0.333. The first kappa shape index (κ1) is 35.0. The summed E-state index contributed by atoms with van der Waals surface area (Å²) in [7, 11) is 5.08. The fourth-order valence-electron chi connectivity index (χ4n) is 5.54. The summed E-state index contributed by atoms with van der Waals surface area (Å²) in [6.07, 6.45) is 8.50. The zero-order chi connectivity index (χ0) is 34.0. The summed E-state index contributed by atoms with van der Waals surface area (Å²) in [5.74, 6) is -0.775. The molecule has 8 nitrogen and oxygen atoms in total. The number of carbonyl (C=O) groups is 3. The number of rotatable bonds is 14. The van der Waals surface area contributed by atoms with Crippen LogP contribution in [0.4, 0.5) is 0 Å². The Morgan fingerprint density at radius 1 is 0.745 bits per heavy atom. The van der Waals surface area contributed by atoms with Crippen molar-refractivity contribution < 1.29 is 14.4 Å². The van der Waals surface area contributed by atoms with E-state index in [-0.39, 0.29) is 24.1 Å². The molecule has 0 aliphatic carbocycles. The minimum absolute atomic E-state index is 0.165. The summed E-state index contributed by atoms with van der Waals surface area (Å²) in [6, 6.07) is 26.1. The second-order valence-corrected chi connectivity index (χ2v) is 13.0. The van der Waals surface area contributed by atoms with Crippen LogP contribution in [-0.4, -0.2) is 82.7 Å². The topological polar surface area (TPSA) is 99.8 Å². The SMILES string of the molecule is CN(CCc1ccncc1)C(=O)[C@@H](Cc1ccccc1)N(C)C(=O)[C@@H](Cc1ccc2ccccc2c1)N(C)C(=O)C=CCC(C)(C)N. The molecule has 4 aromatic rings. The lowest BCUT2D eigenvalue weighted by Crippen LogP contribution is -2.56. The van der Waals surface area contributed by atoms with Gasteiger partial charge in [-0.15, -0.1) is 0 Å². The molecular formula is C39H47N5O3. The van der Waals surface area contributed by atoms with E-state index in [1.54, 1.807) is 44.5 Å². The van der Waals surface area contributed by atoms with Gasteiger partial charge in [0.15, 0.2) is 0 Å². The van der Waals surface area contributed by atoms with Crippen molar-refractivity contribution in [2.24, 2.45) is 5.73 Å². The maximum absolute atomic E-state index is 14.5. The highest BCUT2D eigenvalue weighted by Crippen LogP contribution is 2.21. The van der Waals surface area contributed by atoms with Gasteiger partial charge in [0.1, 0.15) is 12.1 Å². The van der Waals surface area contributed by atoms with Gasteiger partial charge in [0.25, 0.3) is 0 Å². The Hall–Kier alpha value is -4.82. The van der Waals surface area contributed by atoms with Gasteiger partial charge in [-0.25, -0.2) is 0 Å². The average Bonchev–Trinajstić information content (AvgIpc) is 3.07. The minimum Gasteiger partial charge on any atom is -0.344 e. The molecule has 0 unspecified atom stereocenters. The molecule has 0 saturated carbocycles. The Balaban J connectivity index is 1.64. The molecule has 3 aromatic carbocycles. The standard InChI is InChI=1S/C39H47N5O3/c1-39(2,40)22-11-16-36(45)43(4)35(28-31-17-18-32-14-9-10-15-33(32)26-31)38(47)44(5)34(27-30-12-7-6-8-13-30)37(46)42(3)25-21-29-19-23-41-24-20-29/h6-20,23-24,26,34-35H,21-22,25,27-28,40H2,1-5H3/t34-,35-/m1/s1. The van der Waals surface area contributed by atoms with Crippen LogP contribution in [0.3, 0.4) is 0 Å². The van der Waals surface area contributed by atoms with Crippen LogP contribution in [0.1, 0.15) is 37.0 Å². The zero-order valence-electron chi connectivity index (χ0n) is 28.2. The highest BCUT2D eigenvalue weighted by molar-refractivity contribution is 5.95. The molecule has 246 valence electrons. The molecule has 2 N–H and O–H groups in total. The van der Waals surface area contributed by atoms with Crippen LogP contribution in [0.15, 0.2) is 109 Å². The summed E-state index contributed by atoms with van der Waals surface area (Å²) in [5, 5.41) is 2.15. The molecule has 2 atom stereocenters. The van der Waals surface area contributed by atoms with E-state index in [1.807, 2.05) is 92.7 Å². The molecule has 0 aliphatic heterocycles. The number of amides is 3. The van der Waals surface area contributed by atoms with Gasteiger partial charge in [-0.3, -0.25) is 19.4 Å². The molecule has 3 amide bonds. The van der Waals surface area contributed by atoms with Crippen molar-refractivity contribution in [2.75, 3.05) is 27.7 Å². The molecule has 0 saturated heterocycles. The maximum atomic E-state index is 14.5. The van der Waals surface area contributed by atoms with Crippen LogP contribution >= 0.6 is 0 Å². The molecule has 0 radical (unpaired) electrons. The van der Waals surface area contributed by atoms with Crippen molar-refractivity contribution in [3.8, 4) is 0 Å². The van der Waals surface area contributed by atoms with Gasteiger partial charge < -0.3 is 20.4 Å². The van der Waals surface area contributed by atoms with Crippen LogP contribution in [0, 0.1) is 0 Å². The summed E-state index contributed by atoms with van der Waals surface area (Å²) in [6.45, 7) is 4.27. The Morgan fingerprint density at radius 3 is 2.04 bits per heavy atom. The Kier molecular flexibility index (Phi) is 12.0. The molecule has 8 heteroatoms. The van der Waals surface area contributed by atoms with Crippen molar-refractivity contribution in [3.05, 3.63) is 126 Å². The van der Waals surface area contributed by atoms with Crippen molar-refractivity contribution >= 4 is 28.5 Å². The third kappa shape index (κ3) is 10.1. The molecule has 0 spiro atoms. The number of likely N-dealkylation sites (N-methyl/N-ethyl adjacent to an activating group) is 3. The maximum Gasteiger partial charge on any atom is 0.246 e. The van der Waals surface area contributed by atoms with Gasteiger partial charge in [0.2, 0.25) is 17.7 Å². The number of carbonyl (C=O) groups excluding carboxylic acids is 3. The van der Waals surface area contributed by atoms with Crippen LogP contribution in [-0.2, 0) is 33.6 Å². The van der Waals surface area contributed by atoms with Gasteiger partial charge in [0, 0.05) is 58.5 Å². The van der Waals surface area contributed by atoms with Crippen molar-refractivity contribution in [2.45, 2.75) is 57.2 Å². The summed E-state index contributed by atoms with van der Waals surface area (Å²) in [5.41, 5.74) is 8.59. The first-order valence-corrected chi connectivity index (χ1v) is 16.1. The third-order valence-electron chi connectivity index (χ3n) is 8.48. The lowest BCUT2D eigenvalue weighted by Gasteiger charge is -2.36. The average molecular weight is 634 g/mol. The predicted molar refractivity (Wildman–Crippen MR) is 189 cm³/mol. The van der Waals surface area contributed by atoms with E-state index in [9.17, 15) is 14.4 Å². The molecule has 0 aliphatic rings. The number of hydrogen-bond donors (Lipinski definition) is 1. The molecule has 0 fully saturated rings. The van der Waals surface area contributed by atoms with Gasteiger partial charge in [-0.1, -0.05) is 78.9 Å². The highest BCUT2D eigenvalue weighted by Gasteiger charge is 2.36. The first-order chi connectivity index (χ1) is 22.4. The Morgan fingerprint density at radius 2 is 1.36 bits per heavy atom. The zero-order valence-corrected chi connectivity index (χ0v) is 28.2. The quantitative estimate of drug-likeness (QED) is 0.196. The van der Waals surface area contributed by atoms with Gasteiger partial charge >= 0.3 is 0 Å². The predicted octanol–water partition coefficient (Wildman–Crippen LogP) is 5.06. The summed E-state index contributed by atoms with van der Waals surface area (Å²) in [4.78, 5) is 50.9. The van der Waals surface area contributed by atoms with E-state index in [1.165, 1.54) is 15.9 Å². The van der Waals surface area contributed by atoms with Crippen LogP contribution in [0.5, 0.6) is 0 Å². The molecule has 1 heterocycles. The van der Waals surface area contributed by atoms with E-state index in [0.717, 1.165) is 27.5 Å². The van der Waals surface area contributed by atoms with Crippen molar-refractivity contribution in [1.82, 2.24) is 19.7 Å². The smallest absolute Gasteiger partial charge is 0.246 e. The fourth-order valence-corrected chi connectivity index (χ4v) is 5.54. The number of fused-ring (bicyclic) bond motifs is 1. The normalized spacial score (nSPS) is 12.9. The lowest BCUT2D eigenvalue weighted by atomic mass is 9.98. The molecule has 47 heavy (non-hydrogen) atoms. The molecular weight excluding hydrogens is 586 g/mol. The van der Waals surface area contributed by atoms with Crippen LogP contribution in [0.25, 0.3) is 10.8 Å². The van der Waals surface area contributed by atoms with Crippen molar-refractivity contribution in [1.29, 1.82) is 0 Å². The van der Waals surface area contributed by atoms with E-state index >= 15 is 0 Å². The third-order valence-corrected chi connectivity index (χ3v) is 8.48. The van der Waals surface area contributed by atoms with E-state index in [0.29, 0.717) is 25.8 Å². The van der Waals surface area contributed by atoms with E-state index < -0.39 is 17.6 Å². The lowest BCUT2D eigenvalue weighted by molar-refractivity contribution is -0.148. The van der Waals surface area contributed by atoms with E-state index in [4.69, 9.17) is 5.73 Å². The largest absolute Gasteiger partial charge is 0.344 e. The number of nitrogens with two attached hydrogens (primary N) is 1. The minimum atomic E-state index is -0.850. The van der Waals surface area contributed by atoms with Crippen LogP contribution in [0.2, 0.25) is 0 Å². The number of nitrogens with zero attached hydrogens (tertiary/aromatic N) is 4. The summed E-state index contributed by atoms with van der Waals surface area (Å²) < 4.78 is 0. The van der Waals surface area contributed by atoms with Gasteiger partial charge in [0.05, 0.1) is 0 Å². The van der Waals surface area contributed by atoms with Gasteiger partial charge in [-0.2, -0.15) is 0 Å². The second kappa shape index (κ2) is 16.1. The highest BCUT2D eigenvalue weighted by atomic mass is 16.2. The summed E-state index contributed by atoms with van der Waals surface area (Å²) >= 11 is 0. The van der Waals surface area contributed by atoms with Crippen LogP contribution < -0.4 is 5.73 Å². The first-order valence-electron chi connectivity index (χ1n) is 16.1. The number of aromatic nitrogens is 1. The number of benzene rings is 3. The Bertz CT molecular complexity index is 1670. The number of pyridine rings is 1. The second-order valence-electron chi connectivity index (χ2n) is 13.0.